The second kappa shape index (κ2) is 19.4. The number of aliphatic hydroxyl groups is 1. The van der Waals surface area contributed by atoms with Gasteiger partial charge in [-0.25, -0.2) is 14.2 Å². The lowest BCUT2D eigenvalue weighted by atomic mass is 9.86. The lowest BCUT2D eigenvalue weighted by molar-refractivity contribution is -0.929. The van der Waals surface area contributed by atoms with E-state index in [2.05, 4.69) is 55.6 Å². The number of pyridine rings is 2. The summed E-state index contributed by atoms with van der Waals surface area (Å²) in [6.07, 6.45) is 2.91. The molecule has 5 heterocycles. The van der Waals surface area contributed by atoms with Crippen LogP contribution in [0.25, 0.3) is 22.3 Å². The molecule has 0 radical (unpaired) electrons. The number of carbonyl (C=O) groups excluding carboxylic acids is 3. The van der Waals surface area contributed by atoms with Gasteiger partial charge < -0.3 is 34.3 Å². The number of esters is 1. The molecule has 2 amide bonds. The van der Waals surface area contributed by atoms with Crippen LogP contribution in [0.4, 0.5) is 10.1 Å². The molecular formula is C51H60FN6O7S2+. The van der Waals surface area contributed by atoms with E-state index in [1.165, 1.54) is 18.1 Å². The van der Waals surface area contributed by atoms with Gasteiger partial charge in [0.25, 0.3) is 5.56 Å². The Bertz CT molecular complexity index is 2760. The van der Waals surface area contributed by atoms with Gasteiger partial charge in [-0.2, -0.15) is 0 Å². The van der Waals surface area contributed by atoms with Crippen LogP contribution in [0, 0.1) is 5.82 Å². The standard InChI is InChI=1S/C51H59FN6O7S2/c1-8-51(63)40-25-43-46-38(28-57(43)48(61)39(40)30-65-49(51)62)37(36-24-44(64-7)41(52)26-42(36)55-46)27-56-22-19-34(20-23-56)58(5,6)29-32-14-16-33(17-15-32)54-47(60)31(2)53-45(59)18-21-50(3,4)67-66-35-12-10-9-11-13-35/h9-17,24-26,31,34,63H,8,18-23,27-30H2,1-7H3,(H-,53,54,59,60)/p+1/t31?,51-/m0/s1. The third-order valence-corrected chi connectivity index (χ3v) is 17.0. The maximum atomic E-state index is 15.2. The summed E-state index contributed by atoms with van der Waals surface area (Å²) in [5, 5.41) is 18.0. The van der Waals surface area contributed by atoms with Gasteiger partial charge in [-0.1, -0.05) is 58.8 Å². The first-order chi connectivity index (χ1) is 31.9. The van der Waals surface area contributed by atoms with Crippen LogP contribution >= 0.6 is 21.6 Å². The van der Waals surface area contributed by atoms with Gasteiger partial charge >= 0.3 is 5.97 Å². The van der Waals surface area contributed by atoms with Gasteiger partial charge in [-0.05, 0) is 75.6 Å². The largest absolute Gasteiger partial charge is 0.494 e. The lowest BCUT2D eigenvalue weighted by Gasteiger charge is -2.43. The highest BCUT2D eigenvalue weighted by Gasteiger charge is 2.46. The van der Waals surface area contributed by atoms with Crippen LogP contribution in [0.3, 0.4) is 0 Å². The number of benzene rings is 3. The predicted octanol–water partition coefficient (Wildman–Crippen LogP) is 7.91. The number of nitrogens with one attached hydrogen (secondary N) is 2. The molecule has 1 unspecified atom stereocenters. The molecule has 13 nitrogen and oxygen atoms in total. The normalized spacial score (nSPS) is 17.9. The van der Waals surface area contributed by atoms with Gasteiger partial charge in [0.2, 0.25) is 11.8 Å². The van der Waals surface area contributed by atoms with Crippen LogP contribution in [0.5, 0.6) is 5.75 Å². The number of hydrogen-bond acceptors (Lipinski definition) is 11. The first-order valence-corrected chi connectivity index (χ1v) is 25.1. The van der Waals surface area contributed by atoms with Gasteiger partial charge in [0.05, 0.1) is 56.3 Å². The van der Waals surface area contributed by atoms with E-state index in [9.17, 15) is 24.3 Å². The van der Waals surface area contributed by atoms with Crippen LogP contribution in [-0.4, -0.2) is 92.9 Å². The number of halogens is 1. The van der Waals surface area contributed by atoms with Crippen molar-refractivity contribution in [2.75, 3.05) is 39.6 Å². The fraction of sp³-hybridized carbons (Fsp3) is 0.431. The van der Waals surface area contributed by atoms with E-state index in [1.54, 1.807) is 52.1 Å². The molecule has 0 bridgehead atoms. The molecule has 1 saturated heterocycles. The maximum Gasteiger partial charge on any atom is 0.343 e. The smallest absolute Gasteiger partial charge is 0.343 e. The highest BCUT2D eigenvalue weighted by molar-refractivity contribution is 8.77. The fourth-order valence-corrected chi connectivity index (χ4v) is 11.8. The van der Waals surface area contributed by atoms with Crippen LogP contribution in [-0.2, 0) is 51.0 Å². The number of amides is 2. The topological polar surface area (TPSA) is 152 Å². The summed E-state index contributed by atoms with van der Waals surface area (Å²) in [7, 11) is 9.37. The molecule has 3 aliphatic heterocycles. The minimum Gasteiger partial charge on any atom is -0.494 e. The summed E-state index contributed by atoms with van der Waals surface area (Å²) in [6.45, 7) is 10.6. The number of piperidine rings is 1. The van der Waals surface area contributed by atoms with E-state index in [0.29, 0.717) is 48.0 Å². The third-order valence-electron chi connectivity index (χ3n) is 13.6. The molecule has 3 N–H and O–H groups in total. The number of hydrogen-bond donors (Lipinski definition) is 3. The molecule has 2 aromatic heterocycles. The SMILES string of the molecule is CC[C@@]1(O)C(=O)OCc2c1cc1n(c2=O)Cc2c-1nc1cc(F)c(OC)cc1c2CN1CCC([N+](C)(C)Cc2ccc(NC(=O)C(C)NC(=O)CCC(C)(C)SSc3ccccc3)cc2)CC1. The molecule has 1 fully saturated rings. The Balaban J connectivity index is 0.884. The van der Waals surface area contributed by atoms with E-state index in [1.807, 2.05) is 42.5 Å². The minimum atomic E-state index is -1.96. The van der Waals surface area contributed by atoms with Crippen molar-refractivity contribution in [1.29, 1.82) is 0 Å². The molecule has 16 heteroatoms. The number of likely N-dealkylation sites (tertiary alicyclic amines) is 1. The highest BCUT2D eigenvalue weighted by Crippen LogP contribution is 2.44. The number of anilines is 1. The molecule has 8 rings (SSSR count). The zero-order chi connectivity index (χ0) is 47.8. The Labute approximate surface area is 398 Å². The molecule has 3 aromatic carbocycles. The van der Waals surface area contributed by atoms with Crippen LogP contribution in [0.2, 0.25) is 0 Å². The summed E-state index contributed by atoms with van der Waals surface area (Å²) in [5.41, 5.74) is 3.19. The molecular weight excluding hydrogens is 892 g/mol. The van der Waals surface area contributed by atoms with Crippen molar-refractivity contribution < 1.29 is 37.8 Å². The number of nitrogens with zero attached hydrogens (tertiary/aromatic N) is 4. The van der Waals surface area contributed by atoms with Crippen molar-refractivity contribution in [3.8, 4) is 17.1 Å². The van der Waals surface area contributed by atoms with Gasteiger partial charge in [-0.15, -0.1) is 0 Å². The zero-order valence-corrected chi connectivity index (χ0v) is 40.9. The summed E-state index contributed by atoms with van der Waals surface area (Å²) < 4.78 is 28.2. The predicted molar refractivity (Wildman–Crippen MR) is 261 cm³/mol. The zero-order valence-electron chi connectivity index (χ0n) is 39.2. The summed E-state index contributed by atoms with van der Waals surface area (Å²) in [6, 6.07) is 22.5. The van der Waals surface area contributed by atoms with Crippen molar-refractivity contribution in [2.45, 2.75) is 113 Å². The average Bonchev–Trinajstić information content (AvgIpc) is 3.68. The molecule has 0 spiro atoms. The number of methoxy groups -OCH3 is 1. The molecule has 67 heavy (non-hydrogen) atoms. The van der Waals surface area contributed by atoms with Crippen LogP contribution < -0.4 is 20.9 Å². The van der Waals surface area contributed by atoms with E-state index in [-0.39, 0.29) is 58.6 Å². The molecule has 354 valence electrons. The molecule has 5 aromatic rings. The second-order valence-corrected chi connectivity index (χ2v) is 22.1. The number of rotatable bonds is 16. The Hall–Kier alpha value is -5.26. The molecule has 0 saturated carbocycles. The van der Waals surface area contributed by atoms with E-state index >= 15 is 4.39 Å². The second-order valence-electron chi connectivity index (χ2n) is 19.2. The fourth-order valence-electron chi connectivity index (χ4n) is 9.52. The summed E-state index contributed by atoms with van der Waals surface area (Å²) in [5.74, 6) is -1.66. The van der Waals surface area contributed by atoms with E-state index in [0.717, 1.165) is 59.0 Å². The number of fused-ring (bicyclic) bond motifs is 5. The third kappa shape index (κ3) is 10.1. The number of quaternary nitrogens is 1. The number of carbonyl (C=O) groups is 3. The minimum absolute atomic E-state index is 0.0330. The van der Waals surface area contributed by atoms with Gasteiger partial charge in [0.1, 0.15) is 19.2 Å². The highest BCUT2D eigenvalue weighted by atomic mass is 33.1. The van der Waals surface area contributed by atoms with Crippen molar-refractivity contribution >= 4 is 56.0 Å². The van der Waals surface area contributed by atoms with Gasteiger partial charge in [-0.3, -0.25) is 19.3 Å². The van der Waals surface area contributed by atoms with E-state index < -0.39 is 23.4 Å². The van der Waals surface area contributed by atoms with Crippen molar-refractivity contribution in [3.63, 3.8) is 0 Å². The Morgan fingerprint density at radius 1 is 1.06 bits per heavy atom. The lowest BCUT2D eigenvalue weighted by Crippen LogP contribution is -2.53. The monoisotopic (exact) mass is 951 g/mol. The quantitative estimate of drug-likeness (QED) is 0.0493. The molecule has 2 atom stereocenters. The van der Waals surface area contributed by atoms with Crippen LogP contribution in [0.1, 0.15) is 87.6 Å². The number of cyclic esters (lactones) is 1. The van der Waals surface area contributed by atoms with Crippen molar-refractivity contribution in [3.05, 3.63) is 117 Å². The van der Waals surface area contributed by atoms with Crippen molar-refractivity contribution in [2.24, 2.45) is 0 Å². The first kappa shape index (κ1) is 48.2. The Morgan fingerprint density at radius 3 is 2.46 bits per heavy atom. The van der Waals surface area contributed by atoms with Crippen molar-refractivity contribution in [1.82, 2.24) is 19.8 Å². The summed E-state index contributed by atoms with van der Waals surface area (Å²) >= 11 is 0. The van der Waals surface area contributed by atoms with Gasteiger partial charge in [0, 0.05) is 82.4 Å². The molecule has 0 aliphatic carbocycles. The first-order valence-electron chi connectivity index (χ1n) is 22.9. The molecule has 3 aliphatic rings. The summed E-state index contributed by atoms with van der Waals surface area (Å²) in [4.78, 5) is 61.2. The number of aromatic nitrogens is 2. The average molecular weight is 952 g/mol. The van der Waals surface area contributed by atoms with E-state index in [4.69, 9.17) is 14.5 Å². The van der Waals surface area contributed by atoms with Crippen LogP contribution in [0.15, 0.2) is 82.5 Å². The maximum absolute atomic E-state index is 15.2. The van der Waals surface area contributed by atoms with Gasteiger partial charge in [0.15, 0.2) is 17.2 Å². The Kier molecular flexibility index (Phi) is 13.9. The Morgan fingerprint density at radius 2 is 1.78 bits per heavy atom. The number of ether oxygens (including phenoxy) is 2.